The number of halogens is 1. The van der Waals surface area contributed by atoms with Crippen LogP contribution in [0.1, 0.15) is 58.4 Å². The lowest BCUT2D eigenvalue weighted by Gasteiger charge is -2.24. The topological polar surface area (TPSA) is 121 Å². The van der Waals surface area contributed by atoms with Gasteiger partial charge in [0.15, 0.2) is 0 Å². The number of likely N-dealkylation sites (tertiary alicyclic amines) is 1. The summed E-state index contributed by atoms with van der Waals surface area (Å²) in [5.74, 6) is 0. The molecule has 2 rings (SSSR count). The first kappa shape index (κ1) is 26.8. The maximum Gasteiger partial charge on any atom is 0.407 e. The Balaban J connectivity index is 1.84. The van der Waals surface area contributed by atoms with Crippen molar-refractivity contribution in [2.45, 2.75) is 77.0 Å². The number of nitrogens with one attached hydrogen (secondary N) is 2. The first-order valence-corrected chi connectivity index (χ1v) is 12.8. The molecule has 1 saturated heterocycles. The Kier molecular flexibility index (Phi) is 10.2. The fourth-order valence-electron chi connectivity index (χ4n) is 3.63. The number of carbonyl (C=O) groups is 1. The lowest BCUT2D eigenvalue weighted by atomic mass is 10.0. The molecule has 1 aliphatic heterocycles. The van der Waals surface area contributed by atoms with Crippen LogP contribution >= 0.6 is 11.6 Å². The Morgan fingerprint density at radius 2 is 2.12 bits per heavy atom. The van der Waals surface area contributed by atoms with E-state index in [1.165, 1.54) is 4.90 Å². The average Bonchev–Trinajstić information content (AvgIpc) is 3.14. The maximum atomic E-state index is 12.5. The molecule has 1 amide bonds. The smallest absolute Gasteiger partial charge is 0.407 e. The van der Waals surface area contributed by atoms with Gasteiger partial charge < -0.3 is 14.7 Å². The lowest BCUT2D eigenvalue weighted by molar-refractivity contribution is 0.0558. The minimum Gasteiger partial charge on any atom is -0.465 e. The molecular formula is C21H35ClN4O5S. The van der Waals surface area contributed by atoms with Crippen LogP contribution in [0.5, 0.6) is 0 Å². The number of pyridine rings is 1. The van der Waals surface area contributed by atoms with E-state index in [-0.39, 0.29) is 12.1 Å². The molecular weight excluding hydrogens is 456 g/mol. The summed E-state index contributed by atoms with van der Waals surface area (Å²) >= 11 is 6.15. The highest BCUT2D eigenvalue weighted by Gasteiger charge is 2.26. The van der Waals surface area contributed by atoms with Crippen LogP contribution in [0.2, 0.25) is 5.15 Å². The molecule has 9 nitrogen and oxygen atoms in total. The second kappa shape index (κ2) is 12.1. The summed E-state index contributed by atoms with van der Waals surface area (Å²) in [6.45, 7) is 6.81. The number of aryl methyl sites for hydroxylation is 1. The number of rotatable bonds is 12. The minimum absolute atomic E-state index is 0.0656. The van der Waals surface area contributed by atoms with Gasteiger partial charge in [0.2, 0.25) is 0 Å². The molecule has 182 valence electrons. The van der Waals surface area contributed by atoms with Crippen molar-refractivity contribution in [3.63, 3.8) is 0 Å². The Morgan fingerprint density at radius 1 is 1.38 bits per heavy atom. The van der Waals surface area contributed by atoms with Crippen LogP contribution in [0.15, 0.2) is 18.3 Å². The van der Waals surface area contributed by atoms with Crippen LogP contribution in [-0.2, 0) is 21.4 Å². The van der Waals surface area contributed by atoms with Crippen molar-refractivity contribution in [1.82, 2.24) is 19.3 Å². The van der Waals surface area contributed by atoms with E-state index >= 15 is 0 Å². The third kappa shape index (κ3) is 9.99. The van der Waals surface area contributed by atoms with E-state index in [0.717, 1.165) is 18.4 Å². The molecule has 11 heteroatoms. The summed E-state index contributed by atoms with van der Waals surface area (Å²) in [6, 6.07) is 3.44. The van der Waals surface area contributed by atoms with E-state index in [0.29, 0.717) is 50.5 Å². The van der Waals surface area contributed by atoms with Gasteiger partial charge in [-0.2, -0.15) is 17.9 Å². The second-order valence-electron chi connectivity index (χ2n) is 9.17. The molecule has 1 unspecified atom stereocenters. The zero-order valence-corrected chi connectivity index (χ0v) is 20.6. The summed E-state index contributed by atoms with van der Waals surface area (Å²) < 4.78 is 36.3. The third-order valence-electron chi connectivity index (χ3n) is 5.08. The van der Waals surface area contributed by atoms with E-state index in [2.05, 4.69) is 14.4 Å². The normalized spacial score (nSPS) is 18.1. The van der Waals surface area contributed by atoms with Crippen LogP contribution in [0.25, 0.3) is 0 Å². The molecule has 0 saturated carbocycles. The van der Waals surface area contributed by atoms with Crippen molar-refractivity contribution in [3.8, 4) is 0 Å². The van der Waals surface area contributed by atoms with E-state index < -0.39 is 21.8 Å². The highest BCUT2D eigenvalue weighted by atomic mass is 35.5. The SMILES string of the molecule is CC(C)(C)NS(=O)(=O)NC(CCCCO[C@@H]1CCN(C(=O)O)C1)CCc1cccnc1Cl. The van der Waals surface area contributed by atoms with Gasteiger partial charge in [-0.3, -0.25) is 0 Å². The van der Waals surface area contributed by atoms with Crippen molar-refractivity contribution >= 4 is 27.9 Å². The third-order valence-corrected chi connectivity index (χ3v) is 6.94. The number of nitrogens with zero attached hydrogens (tertiary/aromatic N) is 2. The quantitative estimate of drug-likeness (QED) is 0.305. The summed E-state index contributed by atoms with van der Waals surface area (Å²) in [7, 11) is -3.66. The molecule has 0 radical (unpaired) electrons. The van der Waals surface area contributed by atoms with E-state index in [1.807, 2.05) is 12.1 Å². The first-order chi connectivity index (χ1) is 15.0. The number of carboxylic acid groups (broad SMARTS) is 1. The van der Waals surface area contributed by atoms with Crippen molar-refractivity contribution in [2.24, 2.45) is 0 Å². The van der Waals surface area contributed by atoms with E-state index in [9.17, 15) is 13.2 Å². The average molecular weight is 491 g/mol. The zero-order chi connectivity index (χ0) is 23.8. The van der Waals surface area contributed by atoms with Crippen LogP contribution in [-0.4, -0.2) is 66.9 Å². The number of amides is 1. The van der Waals surface area contributed by atoms with E-state index in [4.69, 9.17) is 21.4 Å². The maximum absolute atomic E-state index is 12.5. The van der Waals surface area contributed by atoms with Crippen LogP contribution < -0.4 is 9.44 Å². The monoisotopic (exact) mass is 490 g/mol. The van der Waals surface area contributed by atoms with Gasteiger partial charge in [0.25, 0.3) is 10.2 Å². The largest absolute Gasteiger partial charge is 0.465 e. The molecule has 1 aromatic heterocycles. The molecule has 32 heavy (non-hydrogen) atoms. The first-order valence-electron chi connectivity index (χ1n) is 11.0. The number of unbranched alkanes of at least 4 members (excludes halogenated alkanes) is 1. The van der Waals surface area contributed by atoms with Gasteiger partial charge in [0, 0.05) is 30.9 Å². The second-order valence-corrected chi connectivity index (χ2v) is 11.0. The van der Waals surface area contributed by atoms with Gasteiger partial charge in [0.05, 0.1) is 12.6 Å². The predicted octanol–water partition coefficient (Wildman–Crippen LogP) is 3.20. The Bertz CT molecular complexity index is 847. The van der Waals surface area contributed by atoms with Crippen molar-refractivity contribution in [1.29, 1.82) is 0 Å². The van der Waals surface area contributed by atoms with Gasteiger partial charge in [-0.25, -0.2) is 9.78 Å². The zero-order valence-electron chi connectivity index (χ0n) is 19.0. The standard InChI is InChI=1S/C21H35ClN4O5S/c1-21(2,3)25-32(29,30)24-17(10-9-16-7-6-12-23-19(16)22)8-4-5-14-31-18-11-13-26(15-18)20(27)28/h6-7,12,17-18,24-25H,4-5,8-11,13-15H2,1-3H3,(H,27,28)/t17?,18-/m1/s1. The predicted molar refractivity (Wildman–Crippen MR) is 124 cm³/mol. The van der Waals surface area contributed by atoms with Gasteiger partial charge in [0.1, 0.15) is 5.15 Å². The molecule has 3 N–H and O–H groups in total. The molecule has 0 aliphatic carbocycles. The highest BCUT2D eigenvalue weighted by Crippen LogP contribution is 2.18. The van der Waals surface area contributed by atoms with Gasteiger partial charge in [-0.1, -0.05) is 17.7 Å². The van der Waals surface area contributed by atoms with Gasteiger partial charge >= 0.3 is 6.09 Å². The number of hydrogen-bond acceptors (Lipinski definition) is 5. The molecule has 0 spiro atoms. The summed E-state index contributed by atoms with van der Waals surface area (Å²) in [5.41, 5.74) is 0.303. The number of hydrogen-bond donors (Lipinski definition) is 3. The Labute approximate surface area is 196 Å². The van der Waals surface area contributed by atoms with Crippen molar-refractivity contribution in [3.05, 3.63) is 29.0 Å². The fraction of sp³-hybridized carbons (Fsp3) is 0.714. The molecule has 2 heterocycles. The van der Waals surface area contributed by atoms with E-state index in [1.54, 1.807) is 27.0 Å². The Morgan fingerprint density at radius 3 is 2.75 bits per heavy atom. The van der Waals surface area contributed by atoms with Crippen LogP contribution in [0, 0.1) is 0 Å². The minimum atomic E-state index is -3.66. The highest BCUT2D eigenvalue weighted by molar-refractivity contribution is 7.87. The van der Waals surface area contributed by atoms with Crippen molar-refractivity contribution in [2.75, 3.05) is 19.7 Å². The Hall–Kier alpha value is -1.46. The number of ether oxygens (including phenoxy) is 1. The molecule has 1 fully saturated rings. The molecule has 0 bridgehead atoms. The molecule has 0 aromatic carbocycles. The van der Waals surface area contributed by atoms with Gasteiger partial charge in [-0.05, 0) is 70.9 Å². The number of aromatic nitrogens is 1. The van der Waals surface area contributed by atoms with Gasteiger partial charge in [-0.15, -0.1) is 0 Å². The van der Waals surface area contributed by atoms with Crippen molar-refractivity contribution < 1.29 is 23.1 Å². The molecule has 1 aliphatic rings. The summed E-state index contributed by atoms with van der Waals surface area (Å²) in [5, 5.41) is 9.44. The fourth-order valence-corrected chi connectivity index (χ4v) is 5.38. The summed E-state index contributed by atoms with van der Waals surface area (Å²) in [6.07, 6.45) is 4.75. The van der Waals surface area contributed by atoms with Crippen LogP contribution in [0.3, 0.4) is 0 Å². The summed E-state index contributed by atoms with van der Waals surface area (Å²) in [4.78, 5) is 16.4. The van der Waals surface area contributed by atoms with Crippen LogP contribution in [0.4, 0.5) is 4.79 Å². The molecule has 2 atom stereocenters. The lowest BCUT2D eigenvalue weighted by Crippen LogP contribution is -2.50. The molecule has 1 aromatic rings.